The van der Waals surface area contributed by atoms with Crippen LogP contribution in [0.2, 0.25) is 0 Å². The van der Waals surface area contributed by atoms with Crippen molar-refractivity contribution in [3.05, 3.63) is 29.8 Å². The average molecular weight is 285 g/mol. The fourth-order valence-corrected chi connectivity index (χ4v) is 1.85. The first kappa shape index (κ1) is 11.3. The molecule has 86 valence electrons. The van der Waals surface area contributed by atoms with E-state index in [1.54, 1.807) is 0 Å². The molecule has 2 N–H and O–H groups in total. The van der Waals surface area contributed by atoms with Crippen molar-refractivity contribution in [3.63, 3.8) is 0 Å². The summed E-state index contributed by atoms with van der Waals surface area (Å²) >= 11 is 3.25. The van der Waals surface area contributed by atoms with E-state index in [9.17, 15) is 4.79 Å². The molecule has 1 heterocycles. The van der Waals surface area contributed by atoms with Crippen molar-refractivity contribution in [1.29, 1.82) is 0 Å². The summed E-state index contributed by atoms with van der Waals surface area (Å²) in [7, 11) is 0. The molecule has 0 aliphatic carbocycles. The van der Waals surface area contributed by atoms with Gasteiger partial charge in [0.15, 0.2) is 0 Å². The number of para-hydroxylation sites is 1. The third-order valence-corrected chi connectivity index (χ3v) is 2.78. The zero-order chi connectivity index (χ0) is 11.4. The van der Waals surface area contributed by atoms with Gasteiger partial charge < -0.3 is 15.4 Å². The van der Waals surface area contributed by atoms with Gasteiger partial charge in [-0.1, -0.05) is 34.1 Å². The number of hydrogen-bond donors (Lipinski definition) is 2. The van der Waals surface area contributed by atoms with E-state index >= 15 is 0 Å². The third kappa shape index (κ3) is 2.47. The number of rotatable bonds is 3. The number of nitrogens with one attached hydrogen (secondary N) is 2. The Labute approximate surface area is 102 Å². The molecule has 0 radical (unpaired) electrons. The molecular weight excluding hydrogens is 272 g/mol. The Morgan fingerprint density at radius 1 is 1.50 bits per heavy atom. The third-order valence-electron chi connectivity index (χ3n) is 2.39. The monoisotopic (exact) mass is 284 g/mol. The topological polar surface area (TPSA) is 50.4 Å². The van der Waals surface area contributed by atoms with Gasteiger partial charge in [0.1, 0.15) is 12.4 Å². The van der Waals surface area contributed by atoms with Crippen LogP contribution in [0.15, 0.2) is 24.3 Å². The molecule has 1 aliphatic rings. The van der Waals surface area contributed by atoms with E-state index in [0.717, 1.165) is 16.6 Å². The Kier molecular flexibility index (Phi) is 3.66. The van der Waals surface area contributed by atoms with E-state index in [-0.39, 0.29) is 12.1 Å². The molecule has 1 aliphatic heterocycles. The van der Waals surface area contributed by atoms with Crippen molar-refractivity contribution < 1.29 is 9.53 Å². The lowest BCUT2D eigenvalue weighted by atomic mass is 10.1. The first-order valence-electron chi connectivity index (χ1n) is 5.13. The van der Waals surface area contributed by atoms with Crippen molar-refractivity contribution in [2.45, 2.75) is 6.04 Å². The van der Waals surface area contributed by atoms with Crippen LogP contribution in [0.25, 0.3) is 0 Å². The van der Waals surface area contributed by atoms with Gasteiger partial charge in [-0.2, -0.15) is 0 Å². The highest BCUT2D eigenvalue weighted by Crippen LogP contribution is 2.31. The van der Waals surface area contributed by atoms with E-state index in [4.69, 9.17) is 4.74 Å². The van der Waals surface area contributed by atoms with Crippen LogP contribution in [0.1, 0.15) is 11.6 Å². The Hall–Kier alpha value is -1.23. The molecule has 5 heteroatoms. The first-order valence-corrected chi connectivity index (χ1v) is 6.25. The van der Waals surface area contributed by atoms with Gasteiger partial charge in [-0.25, -0.2) is 4.79 Å². The quantitative estimate of drug-likeness (QED) is 0.832. The Bertz CT molecular complexity index is 384. The van der Waals surface area contributed by atoms with Crippen LogP contribution in [0, 0.1) is 0 Å². The van der Waals surface area contributed by atoms with Crippen molar-refractivity contribution in [3.8, 4) is 5.75 Å². The number of urea groups is 1. The first-order chi connectivity index (χ1) is 7.81. The summed E-state index contributed by atoms with van der Waals surface area (Å²) in [6.45, 7) is 1.11. The van der Waals surface area contributed by atoms with Crippen LogP contribution in [-0.2, 0) is 0 Å². The van der Waals surface area contributed by atoms with Crippen LogP contribution >= 0.6 is 15.9 Å². The molecule has 2 rings (SSSR count). The molecule has 0 bridgehead atoms. The van der Waals surface area contributed by atoms with Gasteiger partial charge in [0.05, 0.1) is 6.04 Å². The lowest BCUT2D eigenvalue weighted by Gasteiger charge is -2.12. The van der Waals surface area contributed by atoms with Gasteiger partial charge in [0, 0.05) is 17.4 Å². The van der Waals surface area contributed by atoms with Crippen LogP contribution in [0.4, 0.5) is 4.79 Å². The number of halogens is 1. The van der Waals surface area contributed by atoms with Crippen LogP contribution < -0.4 is 15.4 Å². The standard InChI is InChI=1S/C11H13BrN2O2/c12-5-6-13-11(15)14-9-7-16-10-4-2-1-3-8(9)10/h1-4,9H,5-7H2,(H2,13,14,15). The number of alkyl halides is 1. The molecule has 1 unspecified atom stereocenters. The predicted octanol–water partition coefficient (Wildman–Crippen LogP) is 1.81. The van der Waals surface area contributed by atoms with Gasteiger partial charge >= 0.3 is 6.03 Å². The second-order valence-electron chi connectivity index (χ2n) is 3.49. The number of ether oxygens (including phenoxy) is 1. The molecule has 0 spiro atoms. The number of carbonyl (C=O) groups excluding carboxylic acids is 1. The number of carbonyl (C=O) groups is 1. The Balaban J connectivity index is 1.95. The molecule has 0 saturated carbocycles. The second kappa shape index (κ2) is 5.21. The number of fused-ring (bicyclic) bond motifs is 1. The van der Waals surface area contributed by atoms with E-state index in [1.165, 1.54) is 0 Å². The lowest BCUT2D eigenvalue weighted by Crippen LogP contribution is -2.39. The largest absolute Gasteiger partial charge is 0.491 e. The summed E-state index contributed by atoms with van der Waals surface area (Å²) in [5.41, 5.74) is 1.04. The summed E-state index contributed by atoms with van der Waals surface area (Å²) in [5, 5.41) is 6.36. The molecule has 4 nitrogen and oxygen atoms in total. The molecule has 0 saturated heterocycles. The maximum Gasteiger partial charge on any atom is 0.315 e. The molecule has 0 fully saturated rings. The van der Waals surface area contributed by atoms with Gasteiger partial charge in [0.25, 0.3) is 0 Å². The second-order valence-corrected chi connectivity index (χ2v) is 4.28. The van der Waals surface area contributed by atoms with Crippen LogP contribution in [-0.4, -0.2) is 24.5 Å². The lowest BCUT2D eigenvalue weighted by molar-refractivity contribution is 0.232. The number of amides is 2. The van der Waals surface area contributed by atoms with Crippen molar-refractivity contribution in [1.82, 2.24) is 10.6 Å². The highest BCUT2D eigenvalue weighted by molar-refractivity contribution is 9.09. The Morgan fingerprint density at radius 2 is 2.31 bits per heavy atom. The maximum atomic E-state index is 11.5. The SMILES string of the molecule is O=C(NCCBr)NC1COc2ccccc21. The fraction of sp³-hybridized carbons (Fsp3) is 0.364. The summed E-state index contributed by atoms with van der Waals surface area (Å²) in [4.78, 5) is 11.5. The minimum absolute atomic E-state index is 0.0495. The van der Waals surface area contributed by atoms with Crippen molar-refractivity contribution in [2.75, 3.05) is 18.5 Å². The van der Waals surface area contributed by atoms with Gasteiger partial charge in [-0.05, 0) is 6.07 Å². The van der Waals surface area contributed by atoms with E-state index in [2.05, 4.69) is 26.6 Å². The minimum Gasteiger partial charge on any atom is -0.491 e. The zero-order valence-electron chi connectivity index (χ0n) is 8.70. The van der Waals surface area contributed by atoms with Crippen LogP contribution in [0.5, 0.6) is 5.75 Å². The maximum absolute atomic E-state index is 11.5. The smallest absolute Gasteiger partial charge is 0.315 e. The number of benzene rings is 1. The van der Waals surface area contributed by atoms with E-state index < -0.39 is 0 Å². The highest BCUT2D eigenvalue weighted by Gasteiger charge is 2.24. The molecule has 16 heavy (non-hydrogen) atoms. The Morgan fingerprint density at radius 3 is 3.12 bits per heavy atom. The molecular formula is C11H13BrN2O2. The summed E-state index contributed by atoms with van der Waals surface area (Å²) in [6, 6.07) is 7.53. The predicted molar refractivity (Wildman–Crippen MR) is 65.0 cm³/mol. The molecule has 2 amide bonds. The summed E-state index contributed by atoms with van der Waals surface area (Å²) in [6.07, 6.45) is 0. The molecule has 1 aromatic carbocycles. The number of hydrogen-bond acceptors (Lipinski definition) is 2. The normalized spacial score (nSPS) is 17.4. The van der Waals surface area contributed by atoms with Crippen molar-refractivity contribution >= 4 is 22.0 Å². The summed E-state index contributed by atoms with van der Waals surface area (Å²) in [5.74, 6) is 0.855. The van der Waals surface area contributed by atoms with E-state index in [0.29, 0.717) is 13.2 Å². The summed E-state index contributed by atoms with van der Waals surface area (Å²) < 4.78 is 5.46. The average Bonchev–Trinajstić information content (AvgIpc) is 2.70. The van der Waals surface area contributed by atoms with Gasteiger partial charge in [-0.3, -0.25) is 0 Å². The molecule has 1 atom stereocenters. The fourth-order valence-electron chi connectivity index (χ4n) is 1.65. The van der Waals surface area contributed by atoms with Gasteiger partial charge in [-0.15, -0.1) is 0 Å². The van der Waals surface area contributed by atoms with Crippen LogP contribution in [0.3, 0.4) is 0 Å². The zero-order valence-corrected chi connectivity index (χ0v) is 10.3. The molecule has 0 aromatic heterocycles. The van der Waals surface area contributed by atoms with Gasteiger partial charge in [0.2, 0.25) is 0 Å². The van der Waals surface area contributed by atoms with E-state index in [1.807, 2.05) is 24.3 Å². The van der Waals surface area contributed by atoms with Crippen molar-refractivity contribution in [2.24, 2.45) is 0 Å². The highest BCUT2D eigenvalue weighted by atomic mass is 79.9. The molecule has 1 aromatic rings. The minimum atomic E-state index is -0.162.